The van der Waals surface area contributed by atoms with Crippen LogP contribution in [0.4, 0.5) is 0 Å². The zero-order chi connectivity index (χ0) is 25.6. The van der Waals surface area contributed by atoms with E-state index in [0.29, 0.717) is 0 Å². The monoisotopic (exact) mass is 523 g/mol. The molecule has 0 radical (unpaired) electrons. The molecule has 190 valence electrons. The maximum absolute atomic E-state index is 11.9. The average molecular weight is 524 g/mol. The van der Waals surface area contributed by atoms with Crippen LogP contribution < -0.4 is 4.74 Å². The van der Waals surface area contributed by atoms with Crippen LogP contribution in [0.3, 0.4) is 0 Å². The zero-order valence-corrected chi connectivity index (χ0v) is 21.3. The van der Waals surface area contributed by atoms with Gasteiger partial charge in [0.1, 0.15) is 11.4 Å². The number of benzene rings is 2. The number of piperidine rings is 1. The number of halogens is 1. The lowest BCUT2D eigenvalue weighted by Gasteiger charge is -2.42. The summed E-state index contributed by atoms with van der Waals surface area (Å²) in [5.41, 5.74) is 4.14. The molecule has 1 fully saturated rings. The van der Waals surface area contributed by atoms with E-state index in [0.717, 1.165) is 67.2 Å². The standard InChI is InChI=1S/C25H28ClNO3.H2O4S/c1-18(28)30-25(20-8-4-3-5-9-20)13-15-27(16-14-25)17-19-7-6-10-21-23(29-2)12-11-22(26)24(19)21;1-5(2,3)4/h3-5,7-9,11-12H,6,10,13-17H2,1-2H3;(H2,1,2,3,4). The van der Waals surface area contributed by atoms with Crippen LogP contribution in [0.1, 0.15) is 42.9 Å². The molecule has 8 nitrogen and oxygen atoms in total. The Labute approximate surface area is 211 Å². The van der Waals surface area contributed by atoms with E-state index in [1.807, 2.05) is 30.3 Å². The van der Waals surface area contributed by atoms with Gasteiger partial charge in [-0.3, -0.25) is 18.8 Å². The highest BCUT2D eigenvalue weighted by atomic mass is 35.5. The Bertz CT molecular complexity index is 1170. The molecule has 10 heteroatoms. The Balaban J connectivity index is 0.000000623. The van der Waals surface area contributed by atoms with Crippen LogP contribution in [0.15, 0.2) is 48.5 Å². The number of nitrogens with zero attached hydrogens (tertiary/aromatic N) is 1. The van der Waals surface area contributed by atoms with Gasteiger partial charge in [-0.25, -0.2) is 0 Å². The van der Waals surface area contributed by atoms with E-state index < -0.39 is 16.0 Å². The smallest absolute Gasteiger partial charge is 0.394 e. The molecule has 0 unspecified atom stereocenters. The Kier molecular flexibility index (Phi) is 8.95. The molecule has 2 aromatic carbocycles. The van der Waals surface area contributed by atoms with Crippen molar-refractivity contribution >= 4 is 33.5 Å². The minimum absolute atomic E-state index is 0.227. The van der Waals surface area contributed by atoms with Crippen molar-refractivity contribution in [2.45, 2.75) is 38.2 Å². The number of hydrogen-bond acceptors (Lipinski definition) is 6. The summed E-state index contributed by atoms with van der Waals surface area (Å²) in [7, 11) is -2.95. The molecule has 1 aliphatic carbocycles. The van der Waals surface area contributed by atoms with Gasteiger partial charge in [-0.05, 0) is 36.1 Å². The molecule has 0 saturated carbocycles. The first-order valence-electron chi connectivity index (χ1n) is 11.2. The third-order valence-electron chi connectivity index (χ3n) is 6.24. The third kappa shape index (κ3) is 7.28. The van der Waals surface area contributed by atoms with Crippen molar-refractivity contribution in [2.24, 2.45) is 0 Å². The lowest BCUT2D eigenvalue weighted by Crippen LogP contribution is -2.45. The fraction of sp³-hybridized carbons (Fsp3) is 0.400. The van der Waals surface area contributed by atoms with E-state index in [1.54, 1.807) is 7.11 Å². The van der Waals surface area contributed by atoms with Gasteiger partial charge < -0.3 is 9.47 Å². The molecular weight excluding hydrogens is 494 g/mol. The number of esters is 1. The molecule has 1 aliphatic heterocycles. The number of methoxy groups -OCH3 is 1. The summed E-state index contributed by atoms with van der Waals surface area (Å²) in [5.74, 6) is 0.687. The highest BCUT2D eigenvalue weighted by Gasteiger charge is 2.39. The van der Waals surface area contributed by atoms with Gasteiger partial charge in [-0.15, -0.1) is 0 Å². The van der Waals surface area contributed by atoms with Crippen LogP contribution in [0.5, 0.6) is 5.75 Å². The maximum atomic E-state index is 11.9. The summed E-state index contributed by atoms with van der Waals surface area (Å²) >= 11 is 6.59. The minimum atomic E-state index is -4.67. The Morgan fingerprint density at radius 1 is 1.11 bits per heavy atom. The molecule has 0 bridgehead atoms. The van der Waals surface area contributed by atoms with Gasteiger partial charge in [-0.2, -0.15) is 8.42 Å². The second-order valence-corrected chi connectivity index (χ2v) is 9.85. The molecule has 35 heavy (non-hydrogen) atoms. The van der Waals surface area contributed by atoms with Gasteiger partial charge in [0.05, 0.1) is 7.11 Å². The largest absolute Gasteiger partial charge is 0.496 e. The Hall–Kier alpha value is -2.43. The summed E-state index contributed by atoms with van der Waals surface area (Å²) in [6.45, 7) is 4.05. The maximum Gasteiger partial charge on any atom is 0.394 e. The first-order valence-corrected chi connectivity index (χ1v) is 13.0. The van der Waals surface area contributed by atoms with Gasteiger partial charge in [0, 0.05) is 55.5 Å². The minimum Gasteiger partial charge on any atom is -0.496 e. The van der Waals surface area contributed by atoms with Gasteiger partial charge >= 0.3 is 16.4 Å². The quantitative estimate of drug-likeness (QED) is 0.432. The van der Waals surface area contributed by atoms with Crippen LogP contribution in [0.25, 0.3) is 5.57 Å². The molecule has 0 aromatic heterocycles. The number of carbonyl (C=O) groups is 1. The number of carbonyl (C=O) groups excluding carboxylic acids is 1. The summed E-state index contributed by atoms with van der Waals surface area (Å²) < 4.78 is 43.0. The van der Waals surface area contributed by atoms with Gasteiger partial charge in [-0.1, -0.05) is 48.0 Å². The average Bonchev–Trinajstić information content (AvgIpc) is 2.80. The fourth-order valence-corrected chi connectivity index (χ4v) is 5.10. The molecule has 2 N–H and O–H groups in total. The van der Waals surface area contributed by atoms with E-state index in [-0.39, 0.29) is 5.97 Å². The van der Waals surface area contributed by atoms with Crippen molar-refractivity contribution in [1.82, 2.24) is 4.90 Å². The molecule has 0 spiro atoms. The van der Waals surface area contributed by atoms with E-state index in [9.17, 15) is 4.79 Å². The molecule has 0 amide bonds. The SMILES string of the molecule is COc1ccc(Cl)c2c1CCC=C2CN1CCC(OC(C)=O)(c2ccccc2)CC1.O=S(=O)(O)O. The predicted octanol–water partition coefficient (Wildman–Crippen LogP) is 4.58. The summed E-state index contributed by atoms with van der Waals surface area (Å²) in [4.78, 5) is 14.3. The van der Waals surface area contributed by atoms with Gasteiger partial charge in [0.15, 0.2) is 0 Å². The van der Waals surface area contributed by atoms with Gasteiger partial charge in [0.2, 0.25) is 0 Å². The topological polar surface area (TPSA) is 113 Å². The molecule has 0 atom stereocenters. The molecule has 1 heterocycles. The van der Waals surface area contributed by atoms with Crippen LogP contribution >= 0.6 is 11.6 Å². The summed E-state index contributed by atoms with van der Waals surface area (Å²) in [6.07, 6.45) is 5.81. The first kappa shape index (κ1) is 27.2. The van der Waals surface area contributed by atoms with Crippen LogP contribution in [-0.4, -0.2) is 55.1 Å². The van der Waals surface area contributed by atoms with Crippen molar-refractivity contribution in [2.75, 3.05) is 26.7 Å². The highest BCUT2D eigenvalue weighted by Crippen LogP contribution is 2.40. The zero-order valence-electron chi connectivity index (χ0n) is 19.7. The lowest BCUT2D eigenvalue weighted by molar-refractivity contribution is -0.163. The van der Waals surface area contributed by atoms with Crippen molar-refractivity contribution in [3.05, 3.63) is 70.3 Å². The summed E-state index contributed by atoms with van der Waals surface area (Å²) in [5, 5.41) is 0.785. The van der Waals surface area contributed by atoms with Crippen molar-refractivity contribution < 1.29 is 31.8 Å². The predicted molar refractivity (Wildman–Crippen MR) is 134 cm³/mol. The fourth-order valence-electron chi connectivity index (χ4n) is 4.80. The number of likely N-dealkylation sites (tertiary alicyclic amines) is 1. The number of ether oxygens (including phenoxy) is 2. The number of allylic oxidation sites excluding steroid dienone is 1. The van der Waals surface area contributed by atoms with Crippen molar-refractivity contribution in [3.8, 4) is 5.75 Å². The van der Waals surface area contributed by atoms with Crippen molar-refractivity contribution in [1.29, 1.82) is 0 Å². The van der Waals surface area contributed by atoms with Gasteiger partial charge in [0.25, 0.3) is 0 Å². The normalized spacial score (nSPS) is 17.3. The van der Waals surface area contributed by atoms with E-state index in [2.05, 4.69) is 23.1 Å². The van der Waals surface area contributed by atoms with E-state index >= 15 is 0 Å². The molecule has 4 rings (SSSR count). The van der Waals surface area contributed by atoms with E-state index in [1.165, 1.54) is 18.1 Å². The number of rotatable bonds is 5. The number of hydrogen-bond donors (Lipinski definition) is 2. The number of fused-ring (bicyclic) bond motifs is 1. The van der Waals surface area contributed by atoms with E-state index in [4.69, 9.17) is 38.6 Å². The first-order chi connectivity index (χ1) is 16.5. The van der Waals surface area contributed by atoms with Crippen LogP contribution in [0, 0.1) is 0 Å². The lowest BCUT2D eigenvalue weighted by atomic mass is 9.83. The molecule has 2 aliphatic rings. The molecule has 2 aromatic rings. The second-order valence-electron chi connectivity index (χ2n) is 8.55. The van der Waals surface area contributed by atoms with Crippen LogP contribution in [-0.2, 0) is 32.0 Å². The summed E-state index contributed by atoms with van der Waals surface area (Å²) in [6, 6.07) is 14.0. The molecular formula is C25H30ClNO7S. The third-order valence-corrected chi connectivity index (χ3v) is 6.56. The highest BCUT2D eigenvalue weighted by molar-refractivity contribution is 7.79. The Morgan fingerprint density at radius 2 is 1.74 bits per heavy atom. The van der Waals surface area contributed by atoms with Crippen molar-refractivity contribution in [3.63, 3.8) is 0 Å². The van der Waals surface area contributed by atoms with Crippen LogP contribution in [0.2, 0.25) is 5.02 Å². The molecule has 1 saturated heterocycles. The Morgan fingerprint density at radius 3 is 2.31 bits per heavy atom. The second kappa shape index (κ2) is 11.5.